The first-order chi connectivity index (χ1) is 6.25. The summed E-state index contributed by atoms with van der Waals surface area (Å²) in [5.74, 6) is -1.03. The predicted octanol–water partition coefficient (Wildman–Crippen LogP) is 0.883. The lowest BCUT2D eigenvalue weighted by molar-refractivity contribution is -0.151. The van der Waals surface area contributed by atoms with Crippen molar-refractivity contribution in [3.63, 3.8) is 0 Å². The monoisotopic (exact) mass is 202 g/mol. The van der Waals surface area contributed by atoms with Gasteiger partial charge in [-0.15, -0.1) is 11.3 Å². The minimum absolute atomic E-state index is 0.0366. The van der Waals surface area contributed by atoms with Crippen LogP contribution in [0.1, 0.15) is 11.0 Å². The van der Waals surface area contributed by atoms with Crippen LogP contribution in [-0.4, -0.2) is 29.4 Å². The van der Waals surface area contributed by atoms with Crippen molar-refractivity contribution >= 4 is 17.3 Å². The number of carboxylic acids is 1. The highest BCUT2D eigenvalue weighted by atomic mass is 32.1. The minimum Gasteiger partial charge on any atom is -0.479 e. The number of aliphatic hydroxyl groups is 1. The Hall–Kier alpha value is -0.910. The fourth-order valence-corrected chi connectivity index (χ4v) is 1.65. The Morgan fingerprint density at radius 1 is 1.69 bits per heavy atom. The van der Waals surface area contributed by atoms with E-state index in [1.165, 1.54) is 11.3 Å². The standard InChI is InChI=1S/C8H10O4S/c9-3-4-12-7(8(10)11)6-2-1-5-13-6/h1-2,5,7,9H,3-4H2,(H,10,11). The van der Waals surface area contributed by atoms with Crippen molar-refractivity contribution in [2.45, 2.75) is 6.10 Å². The highest BCUT2D eigenvalue weighted by Gasteiger charge is 2.20. The van der Waals surface area contributed by atoms with Gasteiger partial charge in [0.05, 0.1) is 13.2 Å². The van der Waals surface area contributed by atoms with Crippen LogP contribution in [0.5, 0.6) is 0 Å². The van der Waals surface area contributed by atoms with Gasteiger partial charge in [0, 0.05) is 4.88 Å². The van der Waals surface area contributed by atoms with Crippen LogP contribution >= 0.6 is 11.3 Å². The predicted molar refractivity (Wildman–Crippen MR) is 47.7 cm³/mol. The molecule has 72 valence electrons. The zero-order valence-corrected chi connectivity index (χ0v) is 7.66. The van der Waals surface area contributed by atoms with Gasteiger partial charge in [-0.25, -0.2) is 4.79 Å². The molecular formula is C8H10O4S. The van der Waals surface area contributed by atoms with E-state index in [4.69, 9.17) is 14.9 Å². The van der Waals surface area contributed by atoms with Crippen LogP contribution in [0.15, 0.2) is 17.5 Å². The van der Waals surface area contributed by atoms with Gasteiger partial charge in [-0.3, -0.25) is 0 Å². The molecule has 0 saturated heterocycles. The lowest BCUT2D eigenvalue weighted by atomic mass is 10.3. The summed E-state index contributed by atoms with van der Waals surface area (Å²) in [6.45, 7) is -0.135. The smallest absolute Gasteiger partial charge is 0.338 e. The maximum absolute atomic E-state index is 10.7. The van der Waals surface area contributed by atoms with E-state index >= 15 is 0 Å². The van der Waals surface area contributed by atoms with E-state index in [0.717, 1.165) is 0 Å². The quantitative estimate of drug-likeness (QED) is 0.744. The van der Waals surface area contributed by atoms with Gasteiger partial charge < -0.3 is 14.9 Å². The van der Waals surface area contributed by atoms with Crippen molar-refractivity contribution in [2.24, 2.45) is 0 Å². The molecule has 1 aromatic heterocycles. The third-order valence-electron chi connectivity index (χ3n) is 1.40. The largest absolute Gasteiger partial charge is 0.479 e. The number of aliphatic carboxylic acids is 1. The van der Waals surface area contributed by atoms with Crippen molar-refractivity contribution in [1.29, 1.82) is 0 Å². The zero-order valence-electron chi connectivity index (χ0n) is 6.84. The van der Waals surface area contributed by atoms with Crippen LogP contribution in [-0.2, 0) is 9.53 Å². The van der Waals surface area contributed by atoms with Crippen molar-refractivity contribution < 1.29 is 19.7 Å². The van der Waals surface area contributed by atoms with Crippen LogP contribution in [0.25, 0.3) is 0 Å². The number of hydrogen-bond donors (Lipinski definition) is 2. The molecule has 1 unspecified atom stereocenters. The first kappa shape index (κ1) is 10.2. The SMILES string of the molecule is O=C(O)C(OCCO)c1cccs1. The van der Waals surface area contributed by atoms with Crippen molar-refractivity contribution in [2.75, 3.05) is 13.2 Å². The molecule has 2 N–H and O–H groups in total. The summed E-state index contributed by atoms with van der Waals surface area (Å²) in [6, 6.07) is 3.46. The molecule has 1 heterocycles. The number of carbonyl (C=O) groups is 1. The highest BCUT2D eigenvalue weighted by molar-refractivity contribution is 7.10. The number of aliphatic hydroxyl groups excluding tert-OH is 1. The second-order valence-corrected chi connectivity index (χ2v) is 3.31. The molecule has 1 rings (SSSR count). The Balaban J connectivity index is 2.63. The van der Waals surface area contributed by atoms with E-state index in [1.807, 2.05) is 0 Å². The summed E-state index contributed by atoms with van der Waals surface area (Å²) >= 11 is 1.32. The maximum Gasteiger partial charge on any atom is 0.338 e. The molecule has 13 heavy (non-hydrogen) atoms. The molecule has 5 heteroatoms. The van der Waals surface area contributed by atoms with Gasteiger partial charge in [0.1, 0.15) is 0 Å². The molecule has 0 aliphatic heterocycles. The molecular weight excluding hydrogens is 192 g/mol. The third-order valence-corrected chi connectivity index (χ3v) is 2.32. The summed E-state index contributed by atoms with van der Waals surface area (Å²) in [4.78, 5) is 11.3. The maximum atomic E-state index is 10.7. The van der Waals surface area contributed by atoms with Crippen LogP contribution in [0, 0.1) is 0 Å². The van der Waals surface area contributed by atoms with Crippen LogP contribution in [0.3, 0.4) is 0 Å². The molecule has 0 bridgehead atoms. The molecule has 0 aromatic carbocycles. The van der Waals surface area contributed by atoms with Gasteiger partial charge in [0.25, 0.3) is 0 Å². The lowest BCUT2D eigenvalue weighted by Crippen LogP contribution is -2.16. The molecule has 0 fully saturated rings. The molecule has 0 radical (unpaired) electrons. The fraction of sp³-hybridized carbons (Fsp3) is 0.375. The Morgan fingerprint density at radius 3 is 2.92 bits per heavy atom. The minimum atomic E-state index is -1.03. The Kier molecular flexibility index (Phi) is 3.88. The van der Waals surface area contributed by atoms with E-state index in [9.17, 15) is 4.79 Å². The summed E-state index contributed by atoms with van der Waals surface area (Å²) < 4.78 is 4.96. The Bertz CT molecular complexity index is 257. The van der Waals surface area contributed by atoms with E-state index in [2.05, 4.69) is 0 Å². The van der Waals surface area contributed by atoms with Gasteiger partial charge in [-0.1, -0.05) is 6.07 Å². The number of hydrogen-bond acceptors (Lipinski definition) is 4. The van der Waals surface area contributed by atoms with Gasteiger partial charge >= 0.3 is 5.97 Å². The molecule has 0 amide bonds. The van der Waals surface area contributed by atoms with Gasteiger partial charge in [0.15, 0.2) is 6.10 Å². The summed E-state index contributed by atoms with van der Waals surface area (Å²) in [7, 11) is 0. The second kappa shape index (κ2) is 4.96. The van der Waals surface area contributed by atoms with Crippen LogP contribution in [0.2, 0.25) is 0 Å². The molecule has 0 saturated carbocycles. The van der Waals surface area contributed by atoms with Gasteiger partial charge in [-0.2, -0.15) is 0 Å². The van der Waals surface area contributed by atoms with Crippen molar-refractivity contribution in [1.82, 2.24) is 0 Å². The number of carboxylic acid groups (broad SMARTS) is 1. The number of rotatable bonds is 5. The average Bonchev–Trinajstić information content (AvgIpc) is 2.57. The van der Waals surface area contributed by atoms with E-state index in [-0.39, 0.29) is 13.2 Å². The van der Waals surface area contributed by atoms with Crippen molar-refractivity contribution in [3.8, 4) is 0 Å². The molecule has 0 aliphatic carbocycles. The van der Waals surface area contributed by atoms with E-state index < -0.39 is 12.1 Å². The second-order valence-electron chi connectivity index (χ2n) is 2.33. The summed E-state index contributed by atoms with van der Waals surface area (Å²) in [5.41, 5.74) is 0. The number of ether oxygens (including phenoxy) is 1. The summed E-state index contributed by atoms with van der Waals surface area (Å²) in [6.07, 6.45) is -0.952. The lowest BCUT2D eigenvalue weighted by Gasteiger charge is -2.10. The Labute approximate surface area is 79.4 Å². The van der Waals surface area contributed by atoms with Crippen LogP contribution in [0.4, 0.5) is 0 Å². The molecule has 1 atom stereocenters. The molecule has 4 nitrogen and oxygen atoms in total. The molecule has 0 aliphatic rings. The molecule has 1 aromatic rings. The van der Waals surface area contributed by atoms with Gasteiger partial charge in [0.2, 0.25) is 0 Å². The third kappa shape index (κ3) is 2.80. The first-order valence-corrected chi connectivity index (χ1v) is 4.62. The van der Waals surface area contributed by atoms with Gasteiger partial charge in [-0.05, 0) is 11.4 Å². The average molecular weight is 202 g/mol. The van der Waals surface area contributed by atoms with E-state index in [1.54, 1.807) is 17.5 Å². The van der Waals surface area contributed by atoms with Crippen LogP contribution < -0.4 is 0 Å². The first-order valence-electron chi connectivity index (χ1n) is 3.74. The van der Waals surface area contributed by atoms with Crippen molar-refractivity contribution in [3.05, 3.63) is 22.4 Å². The number of thiophene rings is 1. The topological polar surface area (TPSA) is 66.8 Å². The fourth-order valence-electron chi connectivity index (χ4n) is 0.886. The molecule has 0 spiro atoms. The highest BCUT2D eigenvalue weighted by Crippen LogP contribution is 2.22. The Morgan fingerprint density at radius 2 is 2.46 bits per heavy atom. The zero-order chi connectivity index (χ0) is 9.68. The summed E-state index contributed by atoms with van der Waals surface area (Å²) in [5, 5.41) is 19.0. The normalized spacial score (nSPS) is 12.7. The van der Waals surface area contributed by atoms with E-state index in [0.29, 0.717) is 4.88 Å².